The fourth-order valence-electron chi connectivity index (χ4n) is 1.24. The van der Waals surface area contributed by atoms with Crippen molar-refractivity contribution in [3.8, 4) is 0 Å². The summed E-state index contributed by atoms with van der Waals surface area (Å²) in [6.07, 6.45) is 1.69. The van der Waals surface area contributed by atoms with E-state index >= 15 is 0 Å². The summed E-state index contributed by atoms with van der Waals surface area (Å²) in [5.41, 5.74) is 1.70. The van der Waals surface area contributed by atoms with E-state index in [1.54, 1.807) is 24.3 Å². The molecule has 0 atom stereocenters. The second-order valence-electron chi connectivity index (χ2n) is 3.78. The number of carboxylic acid groups (broad SMARTS) is 1. The molecule has 0 saturated carbocycles. The molecule has 0 aromatic carbocycles. The second-order valence-corrected chi connectivity index (χ2v) is 5.12. The summed E-state index contributed by atoms with van der Waals surface area (Å²) in [4.78, 5) is 13.1. The van der Waals surface area contributed by atoms with Crippen molar-refractivity contribution in [2.45, 2.75) is 27.3 Å². The molecule has 0 bridgehead atoms. The first-order valence-electron chi connectivity index (χ1n) is 5.17. The van der Waals surface area contributed by atoms with E-state index in [1.807, 2.05) is 0 Å². The lowest BCUT2D eigenvalue weighted by molar-refractivity contribution is -0.132. The maximum atomic E-state index is 10.5. The maximum absolute atomic E-state index is 10.5. The molecule has 3 nitrogen and oxygen atoms in total. The van der Waals surface area contributed by atoms with Gasteiger partial charge in [-0.05, 0) is 32.4 Å². The highest BCUT2D eigenvalue weighted by molar-refractivity contribution is 7.12. The first-order valence-corrected chi connectivity index (χ1v) is 5.99. The minimum Gasteiger partial charge on any atom is -0.478 e. The molecule has 0 fully saturated rings. The smallest absolute Gasteiger partial charge is 0.330 e. The highest BCUT2D eigenvalue weighted by Gasteiger charge is 2.01. The summed E-state index contributed by atoms with van der Waals surface area (Å²) in [6.45, 7) is 7.20. The Hall–Kier alpha value is -1.13. The Labute approximate surface area is 99.8 Å². The number of carboxylic acids is 1. The third-order valence-electron chi connectivity index (χ3n) is 2.41. The minimum atomic E-state index is -0.857. The largest absolute Gasteiger partial charge is 0.478 e. The zero-order chi connectivity index (χ0) is 12.1. The van der Waals surface area contributed by atoms with Crippen LogP contribution < -0.4 is 5.32 Å². The predicted octanol–water partition coefficient (Wildman–Crippen LogP) is 2.49. The number of aliphatic carboxylic acids is 1. The average Bonchev–Trinajstić information content (AvgIpc) is 2.53. The van der Waals surface area contributed by atoms with Crippen molar-refractivity contribution in [1.82, 2.24) is 5.32 Å². The summed E-state index contributed by atoms with van der Waals surface area (Å²) in [7, 11) is 0. The Kier molecular flexibility index (Phi) is 4.71. The molecule has 2 N–H and O–H groups in total. The number of rotatable bonds is 5. The van der Waals surface area contributed by atoms with Crippen molar-refractivity contribution in [2.24, 2.45) is 0 Å². The molecule has 0 saturated heterocycles. The first-order chi connectivity index (χ1) is 7.50. The van der Waals surface area contributed by atoms with Crippen LogP contribution in [0.3, 0.4) is 0 Å². The molecule has 0 amide bonds. The fraction of sp³-hybridized carbons (Fsp3) is 0.417. The molecule has 88 valence electrons. The lowest BCUT2D eigenvalue weighted by Gasteiger charge is -1.99. The Bertz CT molecular complexity index is 388. The van der Waals surface area contributed by atoms with Crippen molar-refractivity contribution in [3.63, 3.8) is 0 Å². The van der Waals surface area contributed by atoms with E-state index in [1.165, 1.54) is 15.3 Å². The van der Waals surface area contributed by atoms with Gasteiger partial charge in [-0.15, -0.1) is 11.3 Å². The normalized spacial score (nSPS) is 11.8. The molecule has 1 rings (SSSR count). The third kappa shape index (κ3) is 3.79. The second kappa shape index (κ2) is 5.82. The fourth-order valence-corrected chi connectivity index (χ4v) is 2.27. The van der Waals surface area contributed by atoms with Crippen LogP contribution in [0.25, 0.3) is 0 Å². The highest BCUT2D eigenvalue weighted by atomic mass is 32.1. The standard InChI is InChI=1S/C12H17NO2S/c1-8(12(14)15)4-5-13-7-11-6-9(2)10(3)16-11/h4,6,13H,5,7H2,1-3H3,(H,14,15). The van der Waals surface area contributed by atoms with Crippen LogP contribution >= 0.6 is 11.3 Å². The molecule has 0 aliphatic rings. The van der Waals surface area contributed by atoms with Gasteiger partial charge in [0.1, 0.15) is 0 Å². The van der Waals surface area contributed by atoms with Crippen LogP contribution in [0.2, 0.25) is 0 Å². The number of nitrogens with one attached hydrogen (secondary N) is 1. The van der Waals surface area contributed by atoms with Crippen LogP contribution in [0.1, 0.15) is 22.2 Å². The molecule has 0 radical (unpaired) electrons. The van der Waals surface area contributed by atoms with Gasteiger partial charge in [0.05, 0.1) is 0 Å². The Morgan fingerprint density at radius 2 is 2.25 bits per heavy atom. The molecular weight excluding hydrogens is 222 g/mol. The minimum absolute atomic E-state index is 0.381. The molecule has 0 aliphatic carbocycles. The van der Waals surface area contributed by atoms with E-state index in [0.29, 0.717) is 12.1 Å². The zero-order valence-electron chi connectivity index (χ0n) is 9.83. The molecule has 0 spiro atoms. The molecular formula is C12H17NO2S. The summed E-state index contributed by atoms with van der Waals surface area (Å²) in [6, 6.07) is 2.17. The van der Waals surface area contributed by atoms with Gasteiger partial charge in [0.25, 0.3) is 0 Å². The van der Waals surface area contributed by atoms with Gasteiger partial charge in [-0.25, -0.2) is 4.79 Å². The average molecular weight is 239 g/mol. The van der Waals surface area contributed by atoms with Crippen molar-refractivity contribution < 1.29 is 9.90 Å². The maximum Gasteiger partial charge on any atom is 0.330 e. The van der Waals surface area contributed by atoms with Gasteiger partial charge < -0.3 is 10.4 Å². The lowest BCUT2D eigenvalue weighted by atomic mass is 10.3. The van der Waals surface area contributed by atoms with Gasteiger partial charge in [-0.2, -0.15) is 0 Å². The summed E-state index contributed by atoms with van der Waals surface area (Å²) in [5, 5.41) is 11.8. The monoisotopic (exact) mass is 239 g/mol. The SMILES string of the molecule is CC(=CCNCc1cc(C)c(C)s1)C(=O)O. The topological polar surface area (TPSA) is 49.3 Å². The first kappa shape index (κ1) is 12.9. The molecule has 0 unspecified atom stereocenters. The summed E-state index contributed by atoms with van der Waals surface area (Å²) < 4.78 is 0. The van der Waals surface area contributed by atoms with Crippen LogP contribution in [-0.2, 0) is 11.3 Å². The van der Waals surface area contributed by atoms with E-state index in [9.17, 15) is 4.79 Å². The number of hydrogen-bond acceptors (Lipinski definition) is 3. The van der Waals surface area contributed by atoms with Crippen LogP contribution in [-0.4, -0.2) is 17.6 Å². The number of carbonyl (C=O) groups is 1. The van der Waals surface area contributed by atoms with Gasteiger partial charge in [-0.1, -0.05) is 6.08 Å². The zero-order valence-corrected chi connectivity index (χ0v) is 10.6. The van der Waals surface area contributed by atoms with Gasteiger partial charge in [0.2, 0.25) is 0 Å². The summed E-state index contributed by atoms with van der Waals surface area (Å²) >= 11 is 1.78. The Morgan fingerprint density at radius 3 is 2.75 bits per heavy atom. The number of thiophene rings is 1. The Morgan fingerprint density at radius 1 is 1.56 bits per heavy atom. The highest BCUT2D eigenvalue weighted by Crippen LogP contribution is 2.20. The van der Waals surface area contributed by atoms with Gasteiger partial charge in [0, 0.05) is 28.4 Å². The molecule has 16 heavy (non-hydrogen) atoms. The van der Waals surface area contributed by atoms with Gasteiger partial charge in [-0.3, -0.25) is 0 Å². The summed E-state index contributed by atoms with van der Waals surface area (Å²) in [5.74, 6) is -0.857. The molecule has 4 heteroatoms. The van der Waals surface area contributed by atoms with Gasteiger partial charge >= 0.3 is 5.97 Å². The molecule has 1 aromatic rings. The van der Waals surface area contributed by atoms with E-state index in [2.05, 4.69) is 25.2 Å². The number of aryl methyl sites for hydroxylation is 2. The third-order valence-corrected chi connectivity index (χ3v) is 3.56. The van der Waals surface area contributed by atoms with Crippen molar-refractivity contribution in [2.75, 3.05) is 6.54 Å². The van der Waals surface area contributed by atoms with Crippen LogP contribution in [0, 0.1) is 13.8 Å². The van der Waals surface area contributed by atoms with E-state index in [-0.39, 0.29) is 0 Å². The predicted molar refractivity (Wildman–Crippen MR) is 66.9 cm³/mol. The van der Waals surface area contributed by atoms with Crippen LogP contribution in [0.15, 0.2) is 17.7 Å². The molecule has 1 aromatic heterocycles. The van der Waals surface area contributed by atoms with Crippen LogP contribution in [0.5, 0.6) is 0 Å². The van der Waals surface area contributed by atoms with Crippen molar-refractivity contribution >= 4 is 17.3 Å². The number of hydrogen-bond donors (Lipinski definition) is 2. The Balaban J connectivity index is 2.36. The molecule has 0 aliphatic heterocycles. The van der Waals surface area contributed by atoms with Crippen molar-refractivity contribution in [1.29, 1.82) is 0 Å². The van der Waals surface area contributed by atoms with E-state index < -0.39 is 5.97 Å². The van der Waals surface area contributed by atoms with Crippen LogP contribution in [0.4, 0.5) is 0 Å². The van der Waals surface area contributed by atoms with Gasteiger partial charge in [0.15, 0.2) is 0 Å². The van der Waals surface area contributed by atoms with E-state index in [4.69, 9.17) is 5.11 Å². The van der Waals surface area contributed by atoms with E-state index in [0.717, 1.165) is 6.54 Å². The quantitative estimate of drug-likeness (QED) is 0.613. The lowest BCUT2D eigenvalue weighted by Crippen LogP contribution is -2.13. The molecule has 1 heterocycles. The van der Waals surface area contributed by atoms with Crippen molar-refractivity contribution in [3.05, 3.63) is 33.0 Å².